The number of rotatable bonds is 5. The number of amides is 1. The molecule has 4 nitrogen and oxygen atoms in total. The van der Waals surface area contributed by atoms with Crippen molar-refractivity contribution in [3.63, 3.8) is 0 Å². The van der Waals surface area contributed by atoms with Gasteiger partial charge in [-0.3, -0.25) is 4.79 Å². The van der Waals surface area contributed by atoms with Gasteiger partial charge in [-0.1, -0.05) is 28.1 Å². The lowest BCUT2D eigenvalue weighted by Gasteiger charge is -2.16. The Kier molecular flexibility index (Phi) is 5.60. The first-order valence-corrected chi connectivity index (χ1v) is 8.49. The fourth-order valence-electron chi connectivity index (χ4n) is 2.39. The number of benzene rings is 1. The third-order valence-electron chi connectivity index (χ3n) is 3.84. The molecule has 0 atom stereocenters. The summed E-state index contributed by atoms with van der Waals surface area (Å²) in [5.41, 5.74) is 7.35. The summed E-state index contributed by atoms with van der Waals surface area (Å²) >= 11 is 4.92. The van der Waals surface area contributed by atoms with Crippen molar-refractivity contribution in [1.82, 2.24) is 10.3 Å². The summed E-state index contributed by atoms with van der Waals surface area (Å²) in [4.78, 5) is 16.3. The highest BCUT2D eigenvalue weighted by atomic mass is 79.9. The average Bonchev–Trinajstić information content (AvgIpc) is 3.13. The van der Waals surface area contributed by atoms with Gasteiger partial charge in [-0.2, -0.15) is 0 Å². The number of aromatic nitrogens is 1. The number of thiazole rings is 1. The fourth-order valence-corrected chi connectivity index (χ4v) is 3.44. The van der Waals surface area contributed by atoms with Gasteiger partial charge in [0.15, 0.2) is 0 Å². The summed E-state index contributed by atoms with van der Waals surface area (Å²) in [6.07, 6.45) is 2.21. The van der Waals surface area contributed by atoms with E-state index in [9.17, 15) is 4.79 Å². The molecular formula is C15H17BrClN3OS. The Morgan fingerprint density at radius 3 is 2.82 bits per heavy atom. The molecule has 1 aliphatic carbocycles. The molecule has 118 valence electrons. The molecular weight excluding hydrogens is 386 g/mol. The molecule has 7 heteroatoms. The Morgan fingerprint density at radius 1 is 1.45 bits per heavy atom. The lowest BCUT2D eigenvalue weighted by molar-refractivity contribution is 0.0945. The SMILES string of the molecule is Cl.NCc1nc(C(=O)NCC2(c3cccc(Br)c3)CC2)cs1. The molecule has 22 heavy (non-hydrogen) atoms. The first kappa shape index (κ1) is 17.4. The topological polar surface area (TPSA) is 68.0 Å². The molecule has 0 radical (unpaired) electrons. The van der Waals surface area contributed by atoms with E-state index in [0.29, 0.717) is 18.8 Å². The van der Waals surface area contributed by atoms with E-state index in [1.165, 1.54) is 16.9 Å². The summed E-state index contributed by atoms with van der Waals surface area (Å²) in [5, 5.41) is 5.55. The number of nitrogens with two attached hydrogens (primary N) is 1. The van der Waals surface area contributed by atoms with Gasteiger partial charge in [0.25, 0.3) is 5.91 Å². The third kappa shape index (κ3) is 3.68. The molecule has 0 saturated heterocycles. The van der Waals surface area contributed by atoms with Crippen molar-refractivity contribution in [2.24, 2.45) is 5.73 Å². The molecule has 2 aromatic rings. The van der Waals surface area contributed by atoms with Crippen molar-refractivity contribution in [2.45, 2.75) is 24.8 Å². The van der Waals surface area contributed by atoms with Gasteiger partial charge in [-0.15, -0.1) is 23.7 Å². The number of nitrogens with zero attached hydrogens (tertiary/aromatic N) is 1. The van der Waals surface area contributed by atoms with Gasteiger partial charge >= 0.3 is 0 Å². The zero-order valence-corrected chi connectivity index (χ0v) is 15.1. The Hall–Kier alpha value is -0.950. The van der Waals surface area contributed by atoms with Crippen LogP contribution in [-0.2, 0) is 12.0 Å². The van der Waals surface area contributed by atoms with Crippen LogP contribution in [0, 0.1) is 0 Å². The predicted molar refractivity (Wildman–Crippen MR) is 94.6 cm³/mol. The number of halogens is 2. The van der Waals surface area contributed by atoms with Crippen LogP contribution in [-0.4, -0.2) is 17.4 Å². The molecule has 0 unspecified atom stereocenters. The van der Waals surface area contributed by atoms with Crippen molar-refractivity contribution in [1.29, 1.82) is 0 Å². The summed E-state index contributed by atoms with van der Waals surface area (Å²) < 4.78 is 1.07. The number of hydrogen-bond donors (Lipinski definition) is 2. The maximum atomic E-state index is 12.1. The number of hydrogen-bond acceptors (Lipinski definition) is 4. The second-order valence-electron chi connectivity index (χ2n) is 5.30. The molecule has 1 aromatic carbocycles. The van der Waals surface area contributed by atoms with Crippen molar-refractivity contribution in [2.75, 3.05) is 6.54 Å². The minimum atomic E-state index is -0.118. The molecule has 1 fully saturated rings. The first-order chi connectivity index (χ1) is 10.1. The predicted octanol–water partition coefficient (Wildman–Crippen LogP) is 3.25. The highest BCUT2D eigenvalue weighted by Crippen LogP contribution is 2.48. The number of carbonyl (C=O) groups excluding carboxylic acids is 1. The van der Waals surface area contributed by atoms with Gasteiger partial charge in [0.1, 0.15) is 10.7 Å². The van der Waals surface area contributed by atoms with Crippen LogP contribution in [0.1, 0.15) is 33.9 Å². The van der Waals surface area contributed by atoms with Crippen LogP contribution in [0.25, 0.3) is 0 Å². The summed E-state index contributed by atoms with van der Waals surface area (Å²) in [6.45, 7) is 1.03. The van der Waals surface area contributed by atoms with Gasteiger partial charge in [0, 0.05) is 28.4 Å². The van der Waals surface area contributed by atoms with Gasteiger partial charge in [-0.25, -0.2) is 4.98 Å². The molecule has 3 rings (SSSR count). The lowest BCUT2D eigenvalue weighted by atomic mass is 9.96. The van der Waals surface area contributed by atoms with E-state index in [-0.39, 0.29) is 23.7 Å². The van der Waals surface area contributed by atoms with E-state index < -0.39 is 0 Å². The smallest absolute Gasteiger partial charge is 0.270 e. The largest absolute Gasteiger partial charge is 0.350 e. The summed E-state index contributed by atoms with van der Waals surface area (Å²) in [5.74, 6) is -0.118. The van der Waals surface area contributed by atoms with Crippen molar-refractivity contribution in [3.05, 3.63) is 50.4 Å². The second-order valence-corrected chi connectivity index (χ2v) is 7.16. The van der Waals surface area contributed by atoms with Gasteiger partial charge in [0.2, 0.25) is 0 Å². The first-order valence-electron chi connectivity index (χ1n) is 6.82. The van der Waals surface area contributed by atoms with Crippen LogP contribution in [0.2, 0.25) is 0 Å². The summed E-state index contributed by atoms with van der Waals surface area (Å²) in [6, 6.07) is 8.31. The van der Waals surface area contributed by atoms with E-state index >= 15 is 0 Å². The molecule has 0 aliphatic heterocycles. The number of carbonyl (C=O) groups is 1. The standard InChI is InChI=1S/C15H16BrN3OS.ClH/c16-11-3-1-2-10(6-11)15(4-5-15)9-18-14(20)12-8-21-13(7-17)19-12;/h1-3,6,8H,4-5,7,9,17H2,(H,18,20);1H. The monoisotopic (exact) mass is 401 g/mol. The molecule has 1 aromatic heterocycles. The zero-order chi connectivity index (χ0) is 14.9. The maximum absolute atomic E-state index is 12.1. The van der Waals surface area contributed by atoms with Crippen LogP contribution in [0.15, 0.2) is 34.1 Å². The minimum Gasteiger partial charge on any atom is -0.350 e. The summed E-state index contributed by atoms with van der Waals surface area (Å²) in [7, 11) is 0. The molecule has 0 spiro atoms. The molecule has 3 N–H and O–H groups in total. The lowest BCUT2D eigenvalue weighted by Crippen LogP contribution is -2.32. The van der Waals surface area contributed by atoms with E-state index in [4.69, 9.17) is 5.73 Å². The molecule has 1 saturated carbocycles. The van der Waals surface area contributed by atoms with Gasteiger partial charge in [0.05, 0.1) is 0 Å². The molecule has 0 bridgehead atoms. The van der Waals surface area contributed by atoms with Gasteiger partial charge in [-0.05, 0) is 30.5 Å². The number of nitrogens with one attached hydrogen (secondary N) is 1. The zero-order valence-electron chi connectivity index (χ0n) is 11.8. The average molecular weight is 403 g/mol. The molecule has 1 aliphatic rings. The van der Waals surface area contributed by atoms with Crippen molar-refractivity contribution >= 4 is 45.6 Å². The Labute approximate surface area is 148 Å². The van der Waals surface area contributed by atoms with Crippen molar-refractivity contribution in [3.8, 4) is 0 Å². The minimum absolute atomic E-state index is 0. The van der Waals surface area contributed by atoms with E-state index in [1.807, 2.05) is 12.1 Å². The van der Waals surface area contributed by atoms with Crippen LogP contribution in [0.5, 0.6) is 0 Å². The normalized spacial score (nSPS) is 15.0. The quantitative estimate of drug-likeness (QED) is 0.806. The fraction of sp³-hybridized carbons (Fsp3) is 0.333. The van der Waals surface area contributed by atoms with E-state index in [2.05, 4.69) is 38.4 Å². The highest BCUT2D eigenvalue weighted by Gasteiger charge is 2.44. The van der Waals surface area contributed by atoms with Crippen molar-refractivity contribution < 1.29 is 4.79 Å². The Morgan fingerprint density at radius 2 is 2.23 bits per heavy atom. The Bertz CT molecular complexity index is 672. The molecule has 1 heterocycles. The van der Waals surface area contributed by atoms with Crippen LogP contribution in [0.3, 0.4) is 0 Å². The van der Waals surface area contributed by atoms with Gasteiger partial charge < -0.3 is 11.1 Å². The highest BCUT2D eigenvalue weighted by molar-refractivity contribution is 9.10. The molecule has 1 amide bonds. The van der Waals surface area contributed by atoms with Crippen LogP contribution < -0.4 is 11.1 Å². The van der Waals surface area contributed by atoms with Crippen LogP contribution in [0.4, 0.5) is 0 Å². The Balaban J connectivity index is 0.00000176. The maximum Gasteiger partial charge on any atom is 0.270 e. The third-order valence-corrected chi connectivity index (χ3v) is 5.20. The van der Waals surface area contributed by atoms with E-state index in [1.54, 1.807) is 5.38 Å². The van der Waals surface area contributed by atoms with Crippen LogP contribution >= 0.6 is 39.7 Å². The van der Waals surface area contributed by atoms with E-state index in [0.717, 1.165) is 22.3 Å². The second kappa shape index (κ2) is 7.08.